The van der Waals surface area contributed by atoms with Crippen LogP contribution in [-0.4, -0.2) is 4.92 Å². The average molecular weight is 356 g/mol. The molecule has 20 heavy (non-hydrogen) atoms. The van der Waals surface area contributed by atoms with E-state index >= 15 is 0 Å². The number of rotatable bonds is 5. The van der Waals surface area contributed by atoms with Crippen molar-refractivity contribution in [1.82, 2.24) is 5.32 Å². The summed E-state index contributed by atoms with van der Waals surface area (Å²) in [5.41, 5.74) is 1.76. The molecule has 0 saturated heterocycles. The molecule has 0 unspecified atom stereocenters. The largest absolute Gasteiger partial charge is 0.308 e. The van der Waals surface area contributed by atoms with Gasteiger partial charge in [-0.15, -0.1) is 0 Å². The molecule has 4 nitrogen and oxygen atoms in total. The van der Waals surface area contributed by atoms with E-state index in [1.54, 1.807) is 6.07 Å². The summed E-state index contributed by atoms with van der Waals surface area (Å²) >= 11 is 9.29. The Hall–Kier alpha value is -1.43. The van der Waals surface area contributed by atoms with Crippen molar-refractivity contribution in [2.75, 3.05) is 0 Å². The second kappa shape index (κ2) is 6.83. The highest BCUT2D eigenvalue weighted by atomic mass is 79.9. The third-order valence-electron chi connectivity index (χ3n) is 2.77. The zero-order chi connectivity index (χ0) is 14.5. The number of nitro groups is 1. The highest BCUT2D eigenvalue weighted by Crippen LogP contribution is 2.22. The van der Waals surface area contributed by atoms with E-state index < -0.39 is 4.92 Å². The van der Waals surface area contributed by atoms with Gasteiger partial charge in [-0.3, -0.25) is 10.1 Å². The minimum atomic E-state index is -0.396. The topological polar surface area (TPSA) is 55.2 Å². The van der Waals surface area contributed by atoms with Gasteiger partial charge in [0, 0.05) is 34.2 Å². The SMILES string of the molecule is O=[N+]([O-])c1ccc(Cl)cc1CNCc1cccc(Br)c1. The van der Waals surface area contributed by atoms with Crippen molar-refractivity contribution in [1.29, 1.82) is 0 Å². The fourth-order valence-corrected chi connectivity index (χ4v) is 2.50. The van der Waals surface area contributed by atoms with Crippen LogP contribution in [0.25, 0.3) is 0 Å². The fraction of sp³-hybridized carbons (Fsp3) is 0.143. The first kappa shape index (κ1) is 15.0. The summed E-state index contributed by atoms with van der Waals surface area (Å²) in [6, 6.07) is 12.5. The molecular formula is C14H12BrClN2O2. The number of hydrogen-bond acceptors (Lipinski definition) is 3. The van der Waals surface area contributed by atoms with Crippen LogP contribution in [0.3, 0.4) is 0 Å². The van der Waals surface area contributed by atoms with E-state index in [4.69, 9.17) is 11.6 Å². The van der Waals surface area contributed by atoms with Crippen molar-refractivity contribution >= 4 is 33.2 Å². The summed E-state index contributed by atoms with van der Waals surface area (Å²) in [4.78, 5) is 10.5. The van der Waals surface area contributed by atoms with E-state index in [-0.39, 0.29) is 5.69 Å². The fourth-order valence-electron chi connectivity index (χ4n) is 1.86. The summed E-state index contributed by atoms with van der Waals surface area (Å²) in [5.74, 6) is 0. The highest BCUT2D eigenvalue weighted by molar-refractivity contribution is 9.10. The number of nitrogens with one attached hydrogen (secondary N) is 1. The van der Waals surface area contributed by atoms with Gasteiger partial charge in [-0.05, 0) is 29.8 Å². The van der Waals surface area contributed by atoms with E-state index in [1.165, 1.54) is 12.1 Å². The molecule has 2 aromatic carbocycles. The van der Waals surface area contributed by atoms with E-state index in [0.717, 1.165) is 10.0 Å². The molecule has 2 rings (SSSR count). The molecule has 0 atom stereocenters. The Labute approximate surface area is 130 Å². The first-order valence-corrected chi connectivity index (χ1v) is 7.11. The van der Waals surface area contributed by atoms with Crippen molar-refractivity contribution < 1.29 is 4.92 Å². The Morgan fingerprint density at radius 3 is 2.70 bits per heavy atom. The van der Waals surface area contributed by atoms with Crippen LogP contribution >= 0.6 is 27.5 Å². The predicted molar refractivity (Wildman–Crippen MR) is 82.8 cm³/mol. The van der Waals surface area contributed by atoms with E-state index in [0.29, 0.717) is 23.7 Å². The van der Waals surface area contributed by atoms with Gasteiger partial charge < -0.3 is 5.32 Å². The Morgan fingerprint density at radius 1 is 1.20 bits per heavy atom. The standard InChI is InChI=1S/C14H12BrClN2O2/c15-12-3-1-2-10(6-12)8-17-9-11-7-13(16)4-5-14(11)18(19)20/h1-7,17H,8-9H2. The molecule has 0 spiro atoms. The lowest BCUT2D eigenvalue weighted by molar-refractivity contribution is -0.385. The van der Waals surface area contributed by atoms with Gasteiger partial charge in [0.25, 0.3) is 5.69 Å². The smallest absolute Gasteiger partial charge is 0.273 e. The van der Waals surface area contributed by atoms with E-state index in [9.17, 15) is 10.1 Å². The van der Waals surface area contributed by atoms with Gasteiger partial charge >= 0.3 is 0 Å². The van der Waals surface area contributed by atoms with Gasteiger partial charge in [-0.1, -0.05) is 39.7 Å². The lowest BCUT2D eigenvalue weighted by Gasteiger charge is -2.07. The molecule has 6 heteroatoms. The average Bonchev–Trinajstić information content (AvgIpc) is 2.38. The molecule has 0 aliphatic carbocycles. The number of nitrogens with zero attached hydrogens (tertiary/aromatic N) is 1. The monoisotopic (exact) mass is 354 g/mol. The first-order valence-electron chi connectivity index (χ1n) is 5.94. The minimum absolute atomic E-state index is 0.0798. The number of halogens is 2. The van der Waals surface area contributed by atoms with Crippen molar-refractivity contribution in [3.63, 3.8) is 0 Å². The van der Waals surface area contributed by atoms with Crippen LogP contribution in [0, 0.1) is 10.1 Å². The Balaban J connectivity index is 2.04. The lowest BCUT2D eigenvalue weighted by atomic mass is 10.1. The summed E-state index contributed by atoms with van der Waals surface area (Å²) < 4.78 is 1.01. The van der Waals surface area contributed by atoms with E-state index in [1.807, 2.05) is 24.3 Å². The summed E-state index contributed by atoms with van der Waals surface area (Å²) in [5, 5.41) is 14.6. The van der Waals surface area contributed by atoms with Crippen LogP contribution in [0.5, 0.6) is 0 Å². The van der Waals surface area contributed by atoms with Gasteiger partial charge in [-0.2, -0.15) is 0 Å². The zero-order valence-corrected chi connectivity index (χ0v) is 12.8. The van der Waals surface area contributed by atoms with Crippen molar-refractivity contribution in [2.24, 2.45) is 0 Å². The molecule has 0 amide bonds. The molecule has 0 aliphatic heterocycles. The number of nitro benzene ring substituents is 1. The zero-order valence-electron chi connectivity index (χ0n) is 10.5. The van der Waals surface area contributed by atoms with Gasteiger partial charge in [0.2, 0.25) is 0 Å². The predicted octanol–water partition coefficient (Wildman–Crippen LogP) is 4.30. The molecule has 2 aromatic rings. The Bertz CT molecular complexity index is 634. The Morgan fingerprint density at radius 2 is 2.00 bits per heavy atom. The first-order chi connectivity index (χ1) is 9.56. The quantitative estimate of drug-likeness (QED) is 0.642. The molecule has 0 saturated carbocycles. The van der Waals surface area contributed by atoms with Crippen LogP contribution in [0.1, 0.15) is 11.1 Å². The molecule has 104 valence electrons. The van der Waals surface area contributed by atoms with Crippen LogP contribution in [0.2, 0.25) is 5.02 Å². The summed E-state index contributed by atoms with van der Waals surface area (Å²) in [6.45, 7) is 1.02. The maximum absolute atomic E-state index is 10.9. The van der Waals surface area contributed by atoms with Crippen LogP contribution in [-0.2, 0) is 13.1 Å². The molecule has 0 aliphatic rings. The van der Waals surface area contributed by atoms with Crippen LogP contribution in [0.4, 0.5) is 5.69 Å². The second-order valence-corrected chi connectivity index (χ2v) is 5.62. The molecule has 1 N–H and O–H groups in total. The van der Waals surface area contributed by atoms with Crippen LogP contribution < -0.4 is 5.32 Å². The second-order valence-electron chi connectivity index (χ2n) is 4.26. The summed E-state index contributed by atoms with van der Waals surface area (Å²) in [6.07, 6.45) is 0. The molecule has 0 heterocycles. The van der Waals surface area contributed by atoms with E-state index in [2.05, 4.69) is 21.2 Å². The lowest BCUT2D eigenvalue weighted by Crippen LogP contribution is -2.13. The third kappa shape index (κ3) is 4.03. The molecule has 0 aromatic heterocycles. The van der Waals surface area contributed by atoms with Gasteiger partial charge in [0.15, 0.2) is 0 Å². The third-order valence-corrected chi connectivity index (χ3v) is 3.50. The highest BCUT2D eigenvalue weighted by Gasteiger charge is 2.13. The van der Waals surface area contributed by atoms with Gasteiger partial charge in [0.05, 0.1) is 4.92 Å². The van der Waals surface area contributed by atoms with Crippen molar-refractivity contribution in [3.05, 3.63) is 73.2 Å². The molecule has 0 radical (unpaired) electrons. The van der Waals surface area contributed by atoms with Crippen LogP contribution in [0.15, 0.2) is 46.9 Å². The normalized spacial score (nSPS) is 10.5. The maximum Gasteiger partial charge on any atom is 0.273 e. The Kier molecular flexibility index (Phi) is 5.11. The number of benzene rings is 2. The molecular weight excluding hydrogens is 344 g/mol. The van der Waals surface area contributed by atoms with Gasteiger partial charge in [-0.25, -0.2) is 0 Å². The maximum atomic E-state index is 10.9. The minimum Gasteiger partial charge on any atom is -0.308 e. The van der Waals surface area contributed by atoms with Crippen molar-refractivity contribution in [3.8, 4) is 0 Å². The molecule has 0 bridgehead atoms. The number of hydrogen-bond donors (Lipinski definition) is 1. The van der Waals surface area contributed by atoms with Gasteiger partial charge in [0.1, 0.15) is 0 Å². The summed E-state index contributed by atoms with van der Waals surface area (Å²) in [7, 11) is 0. The van der Waals surface area contributed by atoms with Crippen molar-refractivity contribution in [2.45, 2.75) is 13.1 Å². The molecule has 0 fully saturated rings.